The molecule has 4 rings (SSSR count). The third kappa shape index (κ3) is 9.97. The lowest BCUT2D eigenvalue weighted by Crippen LogP contribution is -2.45. The van der Waals surface area contributed by atoms with Crippen molar-refractivity contribution in [2.45, 2.75) is 96.9 Å². The molecule has 1 aromatic carbocycles. The summed E-state index contributed by atoms with van der Waals surface area (Å²) in [6.45, 7) is 13.2. The standard InChI is InChI=1S/C35H55N3O8/c1-24(2)37(33(40)25-11-14-30(43-7)31(18-25)45-17-9-15-42-6)22-26-20-36(34(41)46-35(3,4)5)21-27(26)23-38(28-12-13-28)32(39)19-29-10-8-16-44-29/h11,14,18,24,26-29H,8-10,12-13,15-17,19-23H2,1-7H3/t26-,27-,29+/m0/s1. The van der Waals surface area contributed by atoms with Gasteiger partial charge in [-0.3, -0.25) is 9.59 Å². The predicted octanol–water partition coefficient (Wildman–Crippen LogP) is 5.00. The Kier molecular flexibility index (Phi) is 12.6. The molecule has 0 aromatic heterocycles. The Morgan fingerprint density at radius 1 is 1.00 bits per heavy atom. The minimum atomic E-state index is -0.625. The summed E-state index contributed by atoms with van der Waals surface area (Å²) in [5.74, 6) is 1.01. The number of ether oxygens (including phenoxy) is 5. The van der Waals surface area contributed by atoms with Gasteiger partial charge in [0.05, 0.1) is 26.2 Å². The number of hydrogen-bond donors (Lipinski definition) is 0. The topological polar surface area (TPSA) is 107 Å². The van der Waals surface area contributed by atoms with Gasteiger partial charge in [0, 0.05) is 82.4 Å². The molecule has 11 heteroatoms. The largest absolute Gasteiger partial charge is 0.493 e. The molecule has 46 heavy (non-hydrogen) atoms. The van der Waals surface area contributed by atoms with E-state index in [0.29, 0.717) is 75.9 Å². The number of amides is 3. The summed E-state index contributed by atoms with van der Waals surface area (Å²) in [6, 6.07) is 5.39. The Morgan fingerprint density at radius 2 is 1.72 bits per heavy atom. The zero-order valence-corrected chi connectivity index (χ0v) is 28.9. The minimum Gasteiger partial charge on any atom is -0.493 e. The van der Waals surface area contributed by atoms with E-state index in [1.54, 1.807) is 37.3 Å². The minimum absolute atomic E-state index is 0.00818. The first-order chi connectivity index (χ1) is 21.9. The van der Waals surface area contributed by atoms with Gasteiger partial charge >= 0.3 is 6.09 Å². The molecule has 0 radical (unpaired) electrons. The SMILES string of the molecule is COCCCOc1cc(C(=O)N(C[C@@H]2CN(C(=O)OC(C)(C)C)C[C@H]2CN(C(=O)C[C@H]2CCCO2)C2CC2)C(C)C)ccc1OC. The number of likely N-dealkylation sites (tertiary alicyclic amines) is 1. The molecule has 1 saturated carbocycles. The van der Waals surface area contributed by atoms with E-state index in [0.717, 1.165) is 25.7 Å². The molecule has 3 aliphatic rings. The lowest BCUT2D eigenvalue weighted by Gasteiger charge is -2.33. The van der Waals surface area contributed by atoms with E-state index < -0.39 is 5.60 Å². The van der Waals surface area contributed by atoms with Gasteiger partial charge in [0.2, 0.25) is 5.91 Å². The van der Waals surface area contributed by atoms with Crippen LogP contribution in [0.1, 0.15) is 83.5 Å². The van der Waals surface area contributed by atoms with Crippen LogP contribution < -0.4 is 9.47 Å². The van der Waals surface area contributed by atoms with Crippen LogP contribution in [0, 0.1) is 11.8 Å². The van der Waals surface area contributed by atoms with Crippen LogP contribution in [0.25, 0.3) is 0 Å². The van der Waals surface area contributed by atoms with E-state index in [-0.39, 0.29) is 47.9 Å². The Morgan fingerprint density at radius 3 is 2.30 bits per heavy atom. The second kappa shape index (κ2) is 16.2. The summed E-state index contributed by atoms with van der Waals surface area (Å²) in [7, 11) is 3.22. The highest BCUT2D eigenvalue weighted by Crippen LogP contribution is 2.35. The average Bonchev–Trinajstić information content (AvgIpc) is 3.55. The number of nitrogens with zero attached hydrogens (tertiary/aromatic N) is 3. The second-order valence-corrected chi connectivity index (χ2v) is 14.1. The fourth-order valence-electron chi connectivity index (χ4n) is 6.29. The zero-order chi connectivity index (χ0) is 33.4. The first-order valence-electron chi connectivity index (χ1n) is 16.9. The molecule has 3 fully saturated rings. The molecule has 0 bridgehead atoms. The van der Waals surface area contributed by atoms with Crippen LogP contribution in [0.5, 0.6) is 11.5 Å². The summed E-state index contributed by atoms with van der Waals surface area (Å²) in [4.78, 5) is 46.5. The van der Waals surface area contributed by atoms with E-state index in [1.165, 1.54) is 0 Å². The molecule has 0 spiro atoms. The highest BCUT2D eigenvalue weighted by atomic mass is 16.6. The number of benzene rings is 1. The van der Waals surface area contributed by atoms with Gasteiger partial charge in [0.15, 0.2) is 11.5 Å². The van der Waals surface area contributed by atoms with Crippen molar-refractivity contribution in [1.82, 2.24) is 14.7 Å². The Balaban J connectivity index is 1.53. The van der Waals surface area contributed by atoms with Crippen molar-refractivity contribution in [2.24, 2.45) is 11.8 Å². The molecule has 1 aliphatic carbocycles. The monoisotopic (exact) mass is 645 g/mol. The number of carbonyl (C=O) groups is 3. The van der Waals surface area contributed by atoms with Crippen molar-refractivity contribution in [3.05, 3.63) is 23.8 Å². The molecular weight excluding hydrogens is 590 g/mol. The molecule has 3 atom stereocenters. The fraction of sp³-hybridized carbons (Fsp3) is 0.743. The summed E-state index contributed by atoms with van der Waals surface area (Å²) in [5, 5.41) is 0. The number of carbonyl (C=O) groups excluding carboxylic acids is 3. The first kappa shape index (κ1) is 35.8. The first-order valence-corrected chi connectivity index (χ1v) is 16.9. The van der Waals surface area contributed by atoms with Crippen LogP contribution in [0.4, 0.5) is 4.79 Å². The maximum Gasteiger partial charge on any atom is 0.410 e. The number of rotatable bonds is 15. The van der Waals surface area contributed by atoms with E-state index >= 15 is 0 Å². The molecule has 258 valence electrons. The van der Waals surface area contributed by atoms with Crippen molar-refractivity contribution in [3.8, 4) is 11.5 Å². The maximum absolute atomic E-state index is 14.1. The van der Waals surface area contributed by atoms with Gasteiger partial charge in [-0.15, -0.1) is 0 Å². The lowest BCUT2D eigenvalue weighted by atomic mass is 9.93. The third-order valence-corrected chi connectivity index (χ3v) is 8.87. The number of hydrogen-bond acceptors (Lipinski definition) is 8. The molecule has 2 heterocycles. The van der Waals surface area contributed by atoms with Crippen molar-refractivity contribution in [1.29, 1.82) is 0 Å². The van der Waals surface area contributed by atoms with Crippen LogP contribution in [0.15, 0.2) is 18.2 Å². The quantitative estimate of drug-likeness (QED) is 0.245. The van der Waals surface area contributed by atoms with Gasteiger partial charge in [0.25, 0.3) is 5.91 Å². The van der Waals surface area contributed by atoms with Crippen molar-refractivity contribution in [3.63, 3.8) is 0 Å². The van der Waals surface area contributed by atoms with Gasteiger partial charge in [0.1, 0.15) is 5.60 Å². The highest BCUT2D eigenvalue weighted by molar-refractivity contribution is 5.95. The van der Waals surface area contributed by atoms with Crippen LogP contribution in [0.3, 0.4) is 0 Å². The van der Waals surface area contributed by atoms with E-state index in [1.807, 2.05) is 44.4 Å². The van der Waals surface area contributed by atoms with Crippen LogP contribution in [0.2, 0.25) is 0 Å². The van der Waals surface area contributed by atoms with E-state index in [9.17, 15) is 14.4 Å². The van der Waals surface area contributed by atoms with Gasteiger partial charge in [-0.1, -0.05) is 0 Å². The molecule has 2 saturated heterocycles. The third-order valence-electron chi connectivity index (χ3n) is 8.87. The lowest BCUT2D eigenvalue weighted by molar-refractivity contribution is -0.134. The van der Waals surface area contributed by atoms with Gasteiger partial charge in [-0.2, -0.15) is 0 Å². The summed E-state index contributed by atoms with van der Waals surface area (Å²) in [6.07, 6.45) is 4.62. The van der Waals surface area contributed by atoms with E-state index in [4.69, 9.17) is 23.7 Å². The Hall–Kier alpha value is -3.05. The predicted molar refractivity (Wildman–Crippen MR) is 174 cm³/mol. The molecule has 3 amide bonds. The Bertz CT molecular complexity index is 1170. The van der Waals surface area contributed by atoms with E-state index in [2.05, 4.69) is 0 Å². The smallest absolute Gasteiger partial charge is 0.410 e. The molecule has 11 nitrogen and oxygen atoms in total. The summed E-state index contributed by atoms with van der Waals surface area (Å²) >= 11 is 0. The Labute approximate surface area is 274 Å². The maximum atomic E-state index is 14.1. The van der Waals surface area contributed by atoms with Crippen molar-refractivity contribution < 1.29 is 38.1 Å². The van der Waals surface area contributed by atoms with Crippen molar-refractivity contribution in [2.75, 3.05) is 60.2 Å². The molecule has 1 aromatic rings. The normalized spacial score (nSPS) is 21.4. The van der Waals surface area contributed by atoms with Crippen LogP contribution in [-0.2, 0) is 19.0 Å². The molecule has 2 aliphatic heterocycles. The van der Waals surface area contributed by atoms with Crippen LogP contribution in [-0.4, -0.2) is 117 Å². The average molecular weight is 646 g/mol. The molecule has 0 unspecified atom stereocenters. The van der Waals surface area contributed by atoms with Gasteiger partial charge in [-0.25, -0.2) is 4.79 Å². The molecule has 0 N–H and O–H groups in total. The molecular formula is C35H55N3O8. The van der Waals surface area contributed by atoms with Gasteiger partial charge in [-0.05, 0) is 78.5 Å². The number of methoxy groups -OCH3 is 2. The van der Waals surface area contributed by atoms with Crippen LogP contribution >= 0.6 is 0 Å². The van der Waals surface area contributed by atoms with Crippen molar-refractivity contribution >= 4 is 17.9 Å². The zero-order valence-electron chi connectivity index (χ0n) is 28.9. The fourth-order valence-corrected chi connectivity index (χ4v) is 6.29. The summed E-state index contributed by atoms with van der Waals surface area (Å²) in [5.41, 5.74) is -0.124. The summed E-state index contributed by atoms with van der Waals surface area (Å²) < 4.78 is 28.1. The van der Waals surface area contributed by atoms with Gasteiger partial charge < -0.3 is 38.4 Å². The highest BCUT2D eigenvalue weighted by Gasteiger charge is 2.43. The second-order valence-electron chi connectivity index (χ2n) is 14.1.